The van der Waals surface area contributed by atoms with Crippen molar-refractivity contribution in [2.24, 2.45) is 5.73 Å². The van der Waals surface area contributed by atoms with E-state index < -0.39 is 0 Å². The van der Waals surface area contributed by atoms with Crippen LogP contribution in [0.4, 0.5) is 0 Å². The van der Waals surface area contributed by atoms with Gasteiger partial charge in [-0.1, -0.05) is 36.8 Å². The third kappa shape index (κ3) is 3.56. The molecule has 0 amide bonds. The Bertz CT molecular complexity index is 386. The van der Waals surface area contributed by atoms with E-state index in [0.29, 0.717) is 6.04 Å². The summed E-state index contributed by atoms with van der Waals surface area (Å²) in [6, 6.07) is 9.62. The summed E-state index contributed by atoms with van der Waals surface area (Å²) in [4.78, 5) is 2.40. The molecule has 1 aromatic rings. The Morgan fingerprint density at radius 2 is 1.95 bits per heavy atom. The molecule has 0 saturated heterocycles. The van der Waals surface area contributed by atoms with Crippen molar-refractivity contribution in [3.63, 3.8) is 0 Å². The van der Waals surface area contributed by atoms with E-state index in [9.17, 15) is 5.11 Å². The molecule has 0 heterocycles. The monoisotopic (exact) mass is 262 g/mol. The number of nitrogens with two attached hydrogens (primary N) is 1. The molecule has 3 heteroatoms. The van der Waals surface area contributed by atoms with Crippen LogP contribution in [-0.4, -0.2) is 35.2 Å². The molecule has 1 aromatic carbocycles. The van der Waals surface area contributed by atoms with E-state index >= 15 is 0 Å². The Kier molecular flexibility index (Phi) is 4.97. The molecular formula is C16H26N2O. The predicted octanol–water partition coefficient (Wildman–Crippen LogP) is 2.23. The fraction of sp³-hybridized carbons (Fsp3) is 0.625. The number of hydrogen-bond donors (Lipinski definition) is 2. The number of benzene rings is 1. The molecule has 2 unspecified atom stereocenters. The molecule has 0 radical (unpaired) electrons. The van der Waals surface area contributed by atoms with Gasteiger partial charge >= 0.3 is 0 Å². The molecule has 1 fully saturated rings. The number of rotatable bonds is 7. The minimum absolute atomic E-state index is 0.120. The minimum Gasteiger partial charge on any atom is -0.395 e. The van der Waals surface area contributed by atoms with E-state index in [1.807, 2.05) is 0 Å². The third-order valence-corrected chi connectivity index (χ3v) is 4.03. The SMILES string of the molecule is CCC(N)C(c1ccc(C)cc1)N(CCO)C1CC1. The number of aliphatic hydroxyl groups is 1. The summed E-state index contributed by atoms with van der Waals surface area (Å²) >= 11 is 0. The molecule has 0 aliphatic heterocycles. The molecule has 0 aromatic heterocycles. The fourth-order valence-electron chi connectivity index (χ4n) is 2.74. The first-order valence-electron chi connectivity index (χ1n) is 7.36. The molecule has 1 aliphatic carbocycles. The molecular weight excluding hydrogens is 236 g/mol. The number of nitrogens with zero attached hydrogens (tertiary/aromatic N) is 1. The lowest BCUT2D eigenvalue weighted by atomic mass is 9.95. The highest BCUT2D eigenvalue weighted by atomic mass is 16.3. The van der Waals surface area contributed by atoms with Crippen LogP contribution in [0.15, 0.2) is 24.3 Å². The molecule has 19 heavy (non-hydrogen) atoms. The van der Waals surface area contributed by atoms with E-state index in [1.165, 1.54) is 24.0 Å². The molecule has 3 nitrogen and oxygen atoms in total. The van der Waals surface area contributed by atoms with Crippen LogP contribution in [0.5, 0.6) is 0 Å². The zero-order valence-corrected chi connectivity index (χ0v) is 12.0. The van der Waals surface area contributed by atoms with E-state index in [1.54, 1.807) is 0 Å². The van der Waals surface area contributed by atoms with Crippen molar-refractivity contribution in [1.82, 2.24) is 4.90 Å². The van der Waals surface area contributed by atoms with Crippen molar-refractivity contribution >= 4 is 0 Å². The predicted molar refractivity (Wildman–Crippen MR) is 79.0 cm³/mol. The van der Waals surface area contributed by atoms with Gasteiger partial charge in [-0.25, -0.2) is 0 Å². The average molecular weight is 262 g/mol. The first-order valence-corrected chi connectivity index (χ1v) is 7.36. The van der Waals surface area contributed by atoms with Crippen molar-refractivity contribution in [2.45, 2.75) is 51.2 Å². The summed E-state index contributed by atoms with van der Waals surface area (Å²) in [5.41, 5.74) is 8.91. The van der Waals surface area contributed by atoms with Crippen molar-refractivity contribution in [3.8, 4) is 0 Å². The van der Waals surface area contributed by atoms with Gasteiger partial charge in [-0.3, -0.25) is 4.90 Å². The van der Waals surface area contributed by atoms with Crippen LogP contribution in [-0.2, 0) is 0 Å². The minimum atomic E-state index is 0.120. The van der Waals surface area contributed by atoms with Crippen LogP contribution >= 0.6 is 0 Å². The Morgan fingerprint density at radius 3 is 2.42 bits per heavy atom. The summed E-state index contributed by atoms with van der Waals surface area (Å²) in [7, 11) is 0. The van der Waals surface area contributed by atoms with Crippen molar-refractivity contribution in [1.29, 1.82) is 0 Å². The molecule has 2 atom stereocenters. The van der Waals surface area contributed by atoms with Gasteiger partial charge in [-0.2, -0.15) is 0 Å². The zero-order chi connectivity index (χ0) is 13.8. The van der Waals surface area contributed by atoms with E-state index in [2.05, 4.69) is 43.0 Å². The largest absolute Gasteiger partial charge is 0.395 e. The van der Waals surface area contributed by atoms with Gasteiger partial charge in [-0.05, 0) is 31.7 Å². The van der Waals surface area contributed by atoms with Gasteiger partial charge in [0, 0.05) is 18.6 Å². The lowest BCUT2D eigenvalue weighted by Gasteiger charge is -2.35. The van der Waals surface area contributed by atoms with Crippen LogP contribution in [0, 0.1) is 6.92 Å². The van der Waals surface area contributed by atoms with Gasteiger partial charge in [0.2, 0.25) is 0 Å². The maximum Gasteiger partial charge on any atom is 0.0558 e. The van der Waals surface area contributed by atoms with Gasteiger partial charge in [0.25, 0.3) is 0 Å². The van der Waals surface area contributed by atoms with E-state index in [-0.39, 0.29) is 18.7 Å². The Labute approximate surface area is 116 Å². The second kappa shape index (κ2) is 6.51. The highest BCUT2D eigenvalue weighted by molar-refractivity contribution is 5.26. The van der Waals surface area contributed by atoms with Crippen LogP contribution in [0.2, 0.25) is 0 Å². The van der Waals surface area contributed by atoms with Gasteiger partial charge in [0.1, 0.15) is 0 Å². The van der Waals surface area contributed by atoms with Crippen molar-refractivity contribution in [2.75, 3.05) is 13.2 Å². The van der Waals surface area contributed by atoms with Crippen LogP contribution in [0.25, 0.3) is 0 Å². The normalized spacial score (nSPS) is 18.6. The summed E-state index contributed by atoms with van der Waals surface area (Å²) in [6.07, 6.45) is 3.42. The highest BCUT2D eigenvalue weighted by Gasteiger charge is 2.36. The van der Waals surface area contributed by atoms with Crippen molar-refractivity contribution in [3.05, 3.63) is 35.4 Å². The number of aryl methyl sites for hydroxylation is 1. The topological polar surface area (TPSA) is 49.5 Å². The van der Waals surface area contributed by atoms with Gasteiger partial charge < -0.3 is 10.8 Å². The molecule has 1 saturated carbocycles. The second-order valence-electron chi connectivity index (χ2n) is 5.62. The molecule has 2 rings (SSSR count). The van der Waals surface area contributed by atoms with Crippen LogP contribution in [0.1, 0.15) is 43.4 Å². The molecule has 0 bridgehead atoms. The molecule has 3 N–H and O–H groups in total. The van der Waals surface area contributed by atoms with Crippen LogP contribution in [0.3, 0.4) is 0 Å². The third-order valence-electron chi connectivity index (χ3n) is 4.03. The summed E-state index contributed by atoms with van der Waals surface area (Å²) in [5, 5.41) is 9.33. The molecule has 1 aliphatic rings. The van der Waals surface area contributed by atoms with Gasteiger partial charge in [0.15, 0.2) is 0 Å². The first kappa shape index (κ1) is 14.5. The summed E-state index contributed by atoms with van der Waals surface area (Å²) in [6.45, 7) is 5.16. The maximum absolute atomic E-state index is 9.33. The fourth-order valence-corrected chi connectivity index (χ4v) is 2.74. The van der Waals surface area contributed by atoms with Gasteiger partial charge in [0.05, 0.1) is 12.6 Å². The Morgan fingerprint density at radius 1 is 1.32 bits per heavy atom. The number of aliphatic hydroxyl groups excluding tert-OH is 1. The second-order valence-corrected chi connectivity index (χ2v) is 5.62. The van der Waals surface area contributed by atoms with Crippen molar-refractivity contribution < 1.29 is 5.11 Å². The quantitative estimate of drug-likeness (QED) is 0.792. The lowest BCUT2D eigenvalue weighted by Crippen LogP contribution is -2.43. The lowest BCUT2D eigenvalue weighted by molar-refractivity contribution is 0.124. The summed E-state index contributed by atoms with van der Waals surface area (Å²) in [5.74, 6) is 0. The standard InChI is InChI=1S/C16H26N2O/c1-3-15(17)16(13-6-4-12(2)5-7-13)18(10-11-19)14-8-9-14/h4-7,14-16,19H,3,8-11,17H2,1-2H3. The number of hydrogen-bond acceptors (Lipinski definition) is 3. The zero-order valence-electron chi connectivity index (χ0n) is 12.0. The van der Waals surface area contributed by atoms with Gasteiger partial charge in [-0.15, -0.1) is 0 Å². The maximum atomic E-state index is 9.33. The highest BCUT2D eigenvalue weighted by Crippen LogP contribution is 2.36. The van der Waals surface area contributed by atoms with E-state index in [0.717, 1.165) is 13.0 Å². The Hall–Kier alpha value is -0.900. The molecule has 0 spiro atoms. The molecule has 106 valence electrons. The average Bonchev–Trinajstić information content (AvgIpc) is 3.24. The summed E-state index contributed by atoms with van der Waals surface area (Å²) < 4.78 is 0. The smallest absolute Gasteiger partial charge is 0.0558 e. The van der Waals surface area contributed by atoms with Crippen LogP contribution < -0.4 is 5.73 Å². The first-order chi connectivity index (χ1) is 9.17. The van der Waals surface area contributed by atoms with E-state index in [4.69, 9.17) is 5.73 Å². The Balaban J connectivity index is 2.25.